The van der Waals surface area contributed by atoms with E-state index in [1.54, 1.807) is 0 Å². The standard InChI is InChI=1S/C32H41NO2.C2H4/c1-23-6-12-27(13-7-23)32(35,28-14-8-24(2)9-15-28)29-18-20-33(21-19-29)22-30(34)25-10-16-26(17-11-25)31(3,4)5;1-2/h6-17,29-30,34-35H,18-22H2,1-5H3;1-2H2. The highest BCUT2D eigenvalue weighted by atomic mass is 16.3. The first-order valence-electron chi connectivity index (χ1n) is 13.4. The minimum Gasteiger partial charge on any atom is -0.387 e. The van der Waals surface area contributed by atoms with E-state index in [0.29, 0.717) is 6.54 Å². The van der Waals surface area contributed by atoms with Crippen LogP contribution in [0, 0.1) is 19.8 Å². The van der Waals surface area contributed by atoms with Gasteiger partial charge in [0.2, 0.25) is 0 Å². The van der Waals surface area contributed by atoms with E-state index in [0.717, 1.165) is 42.6 Å². The summed E-state index contributed by atoms with van der Waals surface area (Å²) >= 11 is 0. The Balaban J connectivity index is 0.00000186. The molecule has 198 valence electrons. The van der Waals surface area contributed by atoms with Gasteiger partial charge in [0.1, 0.15) is 5.60 Å². The van der Waals surface area contributed by atoms with Crippen molar-refractivity contribution in [2.45, 2.75) is 64.6 Å². The van der Waals surface area contributed by atoms with Gasteiger partial charge in [-0.2, -0.15) is 0 Å². The molecule has 3 nitrogen and oxygen atoms in total. The lowest BCUT2D eigenvalue weighted by Crippen LogP contribution is -2.45. The van der Waals surface area contributed by atoms with Gasteiger partial charge in [-0.25, -0.2) is 0 Å². The molecule has 1 saturated heterocycles. The first-order valence-corrected chi connectivity index (χ1v) is 13.4. The van der Waals surface area contributed by atoms with Crippen molar-refractivity contribution in [3.8, 4) is 0 Å². The number of aliphatic hydroxyl groups excluding tert-OH is 1. The molecule has 1 atom stereocenters. The molecule has 37 heavy (non-hydrogen) atoms. The number of nitrogens with zero attached hydrogens (tertiary/aromatic N) is 1. The molecule has 0 amide bonds. The van der Waals surface area contributed by atoms with Crippen LogP contribution in [0.2, 0.25) is 0 Å². The summed E-state index contributed by atoms with van der Waals surface area (Å²) in [5, 5.41) is 23.1. The zero-order chi connectivity index (χ0) is 27.2. The maximum absolute atomic E-state index is 12.2. The van der Waals surface area contributed by atoms with Crippen molar-refractivity contribution in [3.05, 3.63) is 119 Å². The molecular weight excluding hydrogens is 454 g/mol. The normalized spacial score (nSPS) is 16.1. The number of aliphatic hydroxyl groups is 2. The van der Waals surface area contributed by atoms with Gasteiger partial charge in [0.25, 0.3) is 0 Å². The first kappa shape index (κ1) is 28.8. The van der Waals surface area contributed by atoms with Gasteiger partial charge in [0.15, 0.2) is 0 Å². The lowest BCUT2D eigenvalue weighted by Gasteiger charge is -2.42. The van der Waals surface area contributed by atoms with Gasteiger partial charge in [-0.3, -0.25) is 0 Å². The van der Waals surface area contributed by atoms with Crippen molar-refractivity contribution >= 4 is 0 Å². The number of likely N-dealkylation sites (tertiary alicyclic amines) is 1. The summed E-state index contributed by atoms with van der Waals surface area (Å²) in [5.41, 5.74) is 5.65. The average Bonchev–Trinajstić information content (AvgIpc) is 2.90. The van der Waals surface area contributed by atoms with Crippen molar-refractivity contribution in [1.82, 2.24) is 4.90 Å². The molecule has 1 unspecified atom stereocenters. The fourth-order valence-corrected chi connectivity index (χ4v) is 5.34. The second kappa shape index (κ2) is 12.2. The van der Waals surface area contributed by atoms with Gasteiger partial charge < -0.3 is 15.1 Å². The van der Waals surface area contributed by atoms with Crippen LogP contribution in [0.4, 0.5) is 0 Å². The van der Waals surface area contributed by atoms with Crippen LogP contribution in [-0.4, -0.2) is 34.7 Å². The molecule has 4 rings (SSSR count). The lowest BCUT2D eigenvalue weighted by molar-refractivity contribution is -0.0198. The molecule has 3 aromatic carbocycles. The van der Waals surface area contributed by atoms with E-state index in [2.05, 4.69) is 125 Å². The number of hydrogen-bond acceptors (Lipinski definition) is 3. The first-order chi connectivity index (χ1) is 17.6. The van der Waals surface area contributed by atoms with Crippen LogP contribution in [0.15, 0.2) is 86.0 Å². The molecule has 1 fully saturated rings. The van der Waals surface area contributed by atoms with Gasteiger partial charge >= 0.3 is 0 Å². The van der Waals surface area contributed by atoms with Crippen LogP contribution < -0.4 is 0 Å². The Labute approximate surface area is 224 Å². The van der Waals surface area contributed by atoms with Crippen LogP contribution in [0.25, 0.3) is 0 Å². The van der Waals surface area contributed by atoms with E-state index in [-0.39, 0.29) is 11.3 Å². The van der Waals surface area contributed by atoms with Crippen molar-refractivity contribution in [2.75, 3.05) is 19.6 Å². The van der Waals surface area contributed by atoms with Crippen LogP contribution in [0.5, 0.6) is 0 Å². The molecule has 3 heteroatoms. The highest BCUT2D eigenvalue weighted by Crippen LogP contribution is 2.42. The number of piperidine rings is 1. The number of aryl methyl sites for hydroxylation is 2. The van der Waals surface area contributed by atoms with E-state index in [1.165, 1.54) is 16.7 Å². The highest BCUT2D eigenvalue weighted by molar-refractivity contribution is 5.39. The van der Waals surface area contributed by atoms with Crippen molar-refractivity contribution < 1.29 is 10.2 Å². The molecule has 0 spiro atoms. The third-order valence-electron chi connectivity index (χ3n) is 7.75. The van der Waals surface area contributed by atoms with Crippen LogP contribution in [0.3, 0.4) is 0 Å². The molecular formula is C34H45NO2. The van der Waals surface area contributed by atoms with Crippen LogP contribution in [-0.2, 0) is 11.0 Å². The summed E-state index contributed by atoms with van der Waals surface area (Å²) in [4.78, 5) is 2.34. The third kappa shape index (κ3) is 6.78. The monoisotopic (exact) mass is 499 g/mol. The number of benzene rings is 3. The predicted octanol–water partition coefficient (Wildman–Crippen LogP) is 7.08. The SMILES string of the molecule is C=C.Cc1ccc(C(O)(c2ccc(C)cc2)C2CCN(CC(O)c3ccc(C(C)(C)C)cc3)CC2)cc1. The maximum Gasteiger partial charge on any atom is 0.117 e. The fraction of sp³-hybridized carbons (Fsp3) is 0.412. The molecule has 0 aliphatic carbocycles. The molecule has 0 saturated carbocycles. The average molecular weight is 500 g/mol. The zero-order valence-electron chi connectivity index (χ0n) is 23.4. The Kier molecular flexibility index (Phi) is 9.52. The molecule has 1 aliphatic heterocycles. The van der Waals surface area contributed by atoms with Crippen molar-refractivity contribution in [2.24, 2.45) is 5.92 Å². The summed E-state index contributed by atoms with van der Waals surface area (Å²) in [6, 6.07) is 25.0. The lowest BCUT2D eigenvalue weighted by atomic mass is 9.72. The topological polar surface area (TPSA) is 43.7 Å². The quantitative estimate of drug-likeness (QED) is 0.356. The maximum atomic E-state index is 12.2. The molecule has 2 N–H and O–H groups in total. The predicted molar refractivity (Wildman–Crippen MR) is 156 cm³/mol. The minimum atomic E-state index is -1.02. The molecule has 1 aliphatic rings. The molecule has 1 heterocycles. The Morgan fingerprint density at radius 1 is 0.757 bits per heavy atom. The second-order valence-corrected chi connectivity index (χ2v) is 11.5. The second-order valence-electron chi connectivity index (χ2n) is 11.5. The van der Waals surface area contributed by atoms with Crippen LogP contribution in [0.1, 0.15) is 73.1 Å². The van der Waals surface area contributed by atoms with E-state index in [4.69, 9.17) is 0 Å². The smallest absolute Gasteiger partial charge is 0.117 e. The van der Waals surface area contributed by atoms with E-state index in [1.807, 2.05) is 0 Å². The minimum absolute atomic E-state index is 0.108. The summed E-state index contributed by atoms with van der Waals surface area (Å²) in [6.07, 6.45) is 1.26. The van der Waals surface area contributed by atoms with E-state index >= 15 is 0 Å². The molecule has 0 aromatic heterocycles. The van der Waals surface area contributed by atoms with Gasteiger partial charge in [0, 0.05) is 6.54 Å². The van der Waals surface area contributed by atoms with E-state index < -0.39 is 11.7 Å². The number of rotatable bonds is 6. The van der Waals surface area contributed by atoms with Gasteiger partial charge in [0.05, 0.1) is 6.10 Å². The van der Waals surface area contributed by atoms with Crippen molar-refractivity contribution in [3.63, 3.8) is 0 Å². The Bertz CT molecular complexity index is 1060. The number of hydrogen-bond donors (Lipinski definition) is 2. The molecule has 0 bridgehead atoms. The fourth-order valence-electron chi connectivity index (χ4n) is 5.34. The third-order valence-corrected chi connectivity index (χ3v) is 7.75. The van der Waals surface area contributed by atoms with Crippen molar-refractivity contribution in [1.29, 1.82) is 0 Å². The van der Waals surface area contributed by atoms with E-state index in [9.17, 15) is 10.2 Å². The molecule has 0 radical (unpaired) electrons. The molecule has 3 aromatic rings. The Morgan fingerprint density at radius 2 is 1.16 bits per heavy atom. The van der Waals surface area contributed by atoms with Crippen LogP contribution >= 0.6 is 0 Å². The summed E-state index contributed by atoms with van der Waals surface area (Å²) in [6.45, 7) is 19.1. The highest BCUT2D eigenvalue weighted by Gasteiger charge is 2.41. The Morgan fingerprint density at radius 3 is 1.57 bits per heavy atom. The summed E-state index contributed by atoms with van der Waals surface area (Å²) in [5.74, 6) is 0.118. The van der Waals surface area contributed by atoms with Gasteiger partial charge in [-0.1, -0.05) is 105 Å². The van der Waals surface area contributed by atoms with Gasteiger partial charge in [-0.15, -0.1) is 13.2 Å². The van der Waals surface area contributed by atoms with Gasteiger partial charge in [-0.05, 0) is 73.4 Å². The summed E-state index contributed by atoms with van der Waals surface area (Å²) in [7, 11) is 0. The Hall–Kier alpha value is -2.72. The summed E-state index contributed by atoms with van der Waals surface area (Å²) < 4.78 is 0. The largest absolute Gasteiger partial charge is 0.387 e. The number of β-amino-alcohol motifs (C(OH)–C–C–N with tert-alkyl or cyclic N) is 1. The zero-order valence-corrected chi connectivity index (χ0v) is 23.4.